The topological polar surface area (TPSA) is 84.3 Å². The molecule has 0 saturated heterocycles. The van der Waals surface area contributed by atoms with Crippen LogP contribution in [-0.2, 0) is 0 Å². The molecule has 1 aromatic rings. The molecule has 1 heterocycles. The van der Waals surface area contributed by atoms with Gasteiger partial charge < -0.3 is 10.6 Å². The van der Waals surface area contributed by atoms with E-state index in [-0.39, 0.29) is 11.6 Å². The smallest absolute Gasteiger partial charge is 0.270 e. The second-order valence-corrected chi connectivity index (χ2v) is 4.25. The average Bonchev–Trinajstić information content (AvgIpc) is 2.28. The summed E-state index contributed by atoms with van der Waals surface area (Å²) >= 11 is 0. The maximum atomic E-state index is 11.9. The molecule has 0 aliphatic carbocycles. The molecule has 1 atom stereocenters. The number of amides is 1. The highest BCUT2D eigenvalue weighted by molar-refractivity contribution is 6.02. The van der Waals surface area contributed by atoms with Gasteiger partial charge in [-0.3, -0.25) is 14.9 Å². The van der Waals surface area contributed by atoms with Gasteiger partial charge in [-0.05, 0) is 19.4 Å². The lowest BCUT2D eigenvalue weighted by molar-refractivity contribution is -0.384. The molecule has 0 bridgehead atoms. The number of benzene rings is 1. The van der Waals surface area contributed by atoms with E-state index >= 15 is 0 Å². The zero-order valence-electron chi connectivity index (χ0n) is 9.61. The number of fused-ring (bicyclic) bond motifs is 1. The fourth-order valence-corrected chi connectivity index (χ4v) is 1.77. The van der Waals surface area contributed by atoms with Crippen LogP contribution in [0.2, 0.25) is 0 Å². The number of carbonyl (C=O) groups excluding carboxylic acids is 1. The number of nitrogens with zero attached hydrogens (tertiary/aromatic N) is 1. The van der Waals surface area contributed by atoms with Crippen LogP contribution in [0.3, 0.4) is 0 Å². The standard InChI is InChI=1S/C11H13N3O3/c1-3-11(2)12-9-5-4-7(14(16)17)6-8(9)10(15)13-11/h4-6,12H,3H2,1-2H3,(H,13,15). The van der Waals surface area contributed by atoms with E-state index in [4.69, 9.17) is 0 Å². The Bertz CT molecular complexity index is 501. The van der Waals surface area contributed by atoms with Crippen molar-refractivity contribution in [2.45, 2.75) is 25.9 Å². The van der Waals surface area contributed by atoms with E-state index < -0.39 is 10.6 Å². The van der Waals surface area contributed by atoms with Crippen LogP contribution in [0.5, 0.6) is 0 Å². The molecule has 1 aliphatic heterocycles. The van der Waals surface area contributed by atoms with Crippen LogP contribution >= 0.6 is 0 Å². The molecule has 0 radical (unpaired) electrons. The van der Waals surface area contributed by atoms with Gasteiger partial charge in [0.15, 0.2) is 0 Å². The minimum absolute atomic E-state index is 0.0826. The Morgan fingerprint density at radius 3 is 2.71 bits per heavy atom. The molecule has 1 amide bonds. The number of nitrogens with one attached hydrogen (secondary N) is 2. The molecule has 0 saturated carbocycles. The summed E-state index contributed by atoms with van der Waals surface area (Å²) in [6, 6.07) is 4.24. The number of nitro benzene ring substituents is 1. The van der Waals surface area contributed by atoms with Gasteiger partial charge in [0.05, 0.1) is 10.5 Å². The number of carbonyl (C=O) groups is 1. The molecule has 90 valence electrons. The second-order valence-electron chi connectivity index (χ2n) is 4.25. The molecule has 0 fully saturated rings. The first-order valence-electron chi connectivity index (χ1n) is 5.34. The molecule has 6 heteroatoms. The fraction of sp³-hybridized carbons (Fsp3) is 0.364. The van der Waals surface area contributed by atoms with Crippen molar-refractivity contribution in [2.24, 2.45) is 0 Å². The SMILES string of the molecule is CCC1(C)NC(=O)c2cc([N+](=O)[O-])ccc2N1. The van der Waals surface area contributed by atoms with Gasteiger partial charge in [0, 0.05) is 17.8 Å². The van der Waals surface area contributed by atoms with Gasteiger partial charge in [0.2, 0.25) is 0 Å². The van der Waals surface area contributed by atoms with Gasteiger partial charge in [0.25, 0.3) is 11.6 Å². The summed E-state index contributed by atoms with van der Waals surface area (Å²) in [4.78, 5) is 22.0. The predicted octanol–water partition coefficient (Wildman–Crippen LogP) is 1.88. The summed E-state index contributed by atoms with van der Waals surface area (Å²) < 4.78 is 0. The van der Waals surface area contributed by atoms with Crippen LogP contribution in [0, 0.1) is 10.1 Å². The lowest BCUT2D eigenvalue weighted by atomic mass is 10.0. The normalized spacial score (nSPS) is 22.4. The Kier molecular flexibility index (Phi) is 2.49. The molecular formula is C11H13N3O3. The van der Waals surface area contributed by atoms with Gasteiger partial charge in [-0.1, -0.05) is 6.92 Å². The molecule has 6 nitrogen and oxygen atoms in total. The van der Waals surface area contributed by atoms with Crippen LogP contribution < -0.4 is 10.6 Å². The largest absolute Gasteiger partial charge is 0.362 e. The van der Waals surface area contributed by atoms with Crippen LogP contribution in [0.25, 0.3) is 0 Å². The van der Waals surface area contributed by atoms with E-state index in [1.165, 1.54) is 12.1 Å². The summed E-state index contributed by atoms with van der Waals surface area (Å²) in [5.41, 5.74) is 0.356. The molecular weight excluding hydrogens is 222 g/mol. The highest BCUT2D eigenvalue weighted by Crippen LogP contribution is 2.29. The monoisotopic (exact) mass is 235 g/mol. The van der Waals surface area contributed by atoms with Crippen LogP contribution in [0.4, 0.5) is 11.4 Å². The minimum Gasteiger partial charge on any atom is -0.362 e. The number of non-ortho nitro benzene ring substituents is 1. The Morgan fingerprint density at radius 1 is 1.41 bits per heavy atom. The third-order valence-electron chi connectivity index (χ3n) is 2.97. The van der Waals surface area contributed by atoms with E-state index in [0.29, 0.717) is 11.3 Å². The van der Waals surface area contributed by atoms with Crippen LogP contribution in [-0.4, -0.2) is 16.5 Å². The molecule has 1 aliphatic rings. The summed E-state index contributed by atoms with van der Waals surface area (Å²) in [5.74, 6) is -0.285. The summed E-state index contributed by atoms with van der Waals surface area (Å²) in [6.45, 7) is 3.82. The van der Waals surface area contributed by atoms with E-state index in [1.807, 2.05) is 13.8 Å². The molecule has 2 N–H and O–H groups in total. The van der Waals surface area contributed by atoms with Crippen molar-refractivity contribution in [3.63, 3.8) is 0 Å². The fourth-order valence-electron chi connectivity index (χ4n) is 1.77. The van der Waals surface area contributed by atoms with Crippen molar-refractivity contribution >= 4 is 17.3 Å². The average molecular weight is 235 g/mol. The number of hydrogen-bond acceptors (Lipinski definition) is 4. The summed E-state index contributed by atoms with van der Waals surface area (Å²) in [5, 5.41) is 16.6. The van der Waals surface area contributed by atoms with Crippen molar-refractivity contribution in [3.8, 4) is 0 Å². The van der Waals surface area contributed by atoms with E-state index in [2.05, 4.69) is 10.6 Å². The predicted molar refractivity (Wildman–Crippen MR) is 62.9 cm³/mol. The number of anilines is 1. The highest BCUT2D eigenvalue weighted by atomic mass is 16.6. The zero-order valence-corrected chi connectivity index (χ0v) is 9.61. The van der Waals surface area contributed by atoms with Crippen LogP contribution in [0.15, 0.2) is 18.2 Å². The Labute approximate surface area is 98.2 Å². The van der Waals surface area contributed by atoms with E-state index in [0.717, 1.165) is 6.42 Å². The third kappa shape index (κ3) is 1.93. The number of nitro groups is 1. The molecule has 2 rings (SSSR count). The molecule has 0 aromatic heterocycles. The van der Waals surface area contributed by atoms with Gasteiger partial charge in [-0.25, -0.2) is 0 Å². The van der Waals surface area contributed by atoms with Crippen molar-refractivity contribution < 1.29 is 9.72 Å². The van der Waals surface area contributed by atoms with E-state index in [1.54, 1.807) is 6.07 Å². The Balaban J connectivity index is 2.45. The van der Waals surface area contributed by atoms with Crippen molar-refractivity contribution in [3.05, 3.63) is 33.9 Å². The first-order valence-corrected chi connectivity index (χ1v) is 5.34. The van der Waals surface area contributed by atoms with Gasteiger partial charge in [-0.15, -0.1) is 0 Å². The molecule has 1 aromatic carbocycles. The van der Waals surface area contributed by atoms with Gasteiger partial charge >= 0.3 is 0 Å². The van der Waals surface area contributed by atoms with Crippen LogP contribution in [0.1, 0.15) is 30.6 Å². The molecule has 1 unspecified atom stereocenters. The highest BCUT2D eigenvalue weighted by Gasteiger charge is 2.32. The van der Waals surface area contributed by atoms with Crippen molar-refractivity contribution in [1.82, 2.24) is 5.32 Å². The van der Waals surface area contributed by atoms with E-state index in [9.17, 15) is 14.9 Å². The third-order valence-corrected chi connectivity index (χ3v) is 2.97. The quantitative estimate of drug-likeness (QED) is 0.605. The zero-order chi connectivity index (χ0) is 12.6. The van der Waals surface area contributed by atoms with Gasteiger partial charge in [0.1, 0.15) is 5.66 Å². The maximum absolute atomic E-state index is 11.9. The number of rotatable bonds is 2. The van der Waals surface area contributed by atoms with Gasteiger partial charge in [-0.2, -0.15) is 0 Å². The summed E-state index contributed by atoms with van der Waals surface area (Å²) in [6.07, 6.45) is 0.717. The lowest BCUT2D eigenvalue weighted by Crippen LogP contribution is -2.54. The summed E-state index contributed by atoms with van der Waals surface area (Å²) in [7, 11) is 0. The number of hydrogen-bond donors (Lipinski definition) is 2. The Hall–Kier alpha value is -2.11. The second kappa shape index (κ2) is 3.73. The minimum atomic E-state index is -0.513. The lowest BCUT2D eigenvalue weighted by Gasteiger charge is -2.36. The van der Waals surface area contributed by atoms with Crippen molar-refractivity contribution in [2.75, 3.05) is 5.32 Å². The molecule has 0 spiro atoms. The first-order chi connectivity index (χ1) is 7.95. The maximum Gasteiger partial charge on any atom is 0.270 e. The first kappa shape index (κ1) is 11.4. The Morgan fingerprint density at radius 2 is 2.12 bits per heavy atom. The molecule has 17 heavy (non-hydrogen) atoms. The van der Waals surface area contributed by atoms with Crippen molar-refractivity contribution in [1.29, 1.82) is 0 Å².